The van der Waals surface area contributed by atoms with Crippen LogP contribution in [0.4, 0.5) is 0 Å². The number of nitrogens with zero attached hydrogens (tertiary/aromatic N) is 6. The standard InChI is InChI=1S/2C10H18N2.2C10H17NO.4CH4/c1-8(2)6-12-7-10(5-11-12)9(3)4;1-8(2)5-10-6-11-12(7-10)9(3)4;1-7(2)5-9-6-10(8(3)4)11-12-9;1-7(2)5-9-6-10(8(3)4)12-11-9;;;;/h5,7-9H,6H2,1-4H3;6-9H,5H2,1-4H3;2*6-8H,5H2,1-4H3;4*1H4. The summed E-state index contributed by atoms with van der Waals surface area (Å²) in [6, 6.07) is 4.60. The molecule has 0 saturated carbocycles. The second kappa shape index (κ2) is 28.4. The number of hydrogen-bond acceptors (Lipinski definition) is 6. The summed E-state index contributed by atoms with van der Waals surface area (Å²) in [4.78, 5) is 0. The van der Waals surface area contributed by atoms with Crippen LogP contribution in [0.3, 0.4) is 0 Å². The molecule has 8 nitrogen and oxygen atoms in total. The Labute approximate surface area is 322 Å². The minimum atomic E-state index is 0. The van der Waals surface area contributed by atoms with Crippen LogP contribution >= 0.6 is 0 Å². The molecule has 0 unspecified atom stereocenters. The molecule has 0 saturated heterocycles. The van der Waals surface area contributed by atoms with Crippen molar-refractivity contribution in [1.82, 2.24) is 29.9 Å². The normalized spacial score (nSPS) is 10.6. The highest BCUT2D eigenvalue weighted by Gasteiger charge is 2.10. The fourth-order valence-electron chi connectivity index (χ4n) is 4.60. The Balaban J connectivity index is -0.000000288. The monoisotopic (exact) mass is 731 g/mol. The minimum Gasteiger partial charge on any atom is -0.361 e. The molecule has 0 aromatic carbocycles. The van der Waals surface area contributed by atoms with Gasteiger partial charge in [-0.1, -0.05) is 137 Å². The maximum atomic E-state index is 5.19. The predicted octanol–water partition coefficient (Wildman–Crippen LogP) is 13.9. The quantitative estimate of drug-likeness (QED) is 0.144. The van der Waals surface area contributed by atoms with Gasteiger partial charge in [-0.25, -0.2) is 0 Å². The van der Waals surface area contributed by atoms with Gasteiger partial charge in [0.2, 0.25) is 0 Å². The average Bonchev–Trinajstić information content (AvgIpc) is 3.76. The van der Waals surface area contributed by atoms with Crippen LogP contribution in [0.2, 0.25) is 0 Å². The molecule has 0 amide bonds. The van der Waals surface area contributed by atoms with Gasteiger partial charge in [-0.15, -0.1) is 0 Å². The molecule has 0 aliphatic heterocycles. The van der Waals surface area contributed by atoms with Crippen LogP contribution < -0.4 is 0 Å². The smallest absolute Gasteiger partial charge is 0.139 e. The van der Waals surface area contributed by atoms with Gasteiger partial charge in [0.15, 0.2) is 0 Å². The van der Waals surface area contributed by atoms with Gasteiger partial charge in [-0.2, -0.15) is 10.2 Å². The van der Waals surface area contributed by atoms with E-state index in [4.69, 9.17) is 9.05 Å². The second-order valence-corrected chi connectivity index (χ2v) is 16.0. The molecule has 4 rings (SSSR count). The Morgan fingerprint density at radius 2 is 1.13 bits per heavy atom. The van der Waals surface area contributed by atoms with Gasteiger partial charge in [0, 0.05) is 49.5 Å². The topological polar surface area (TPSA) is 87.7 Å². The molecule has 0 radical (unpaired) electrons. The van der Waals surface area contributed by atoms with Gasteiger partial charge >= 0.3 is 0 Å². The summed E-state index contributed by atoms with van der Waals surface area (Å²) in [5, 5.41) is 16.6. The van der Waals surface area contributed by atoms with Crippen LogP contribution in [0, 0.1) is 23.7 Å². The molecule has 4 aromatic rings. The van der Waals surface area contributed by atoms with Gasteiger partial charge in [-0.3, -0.25) is 9.36 Å². The van der Waals surface area contributed by atoms with Crippen molar-refractivity contribution in [2.45, 2.75) is 190 Å². The zero-order chi connectivity index (χ0) is 36.6. The minimum absolute atomic E-state index is 0. The van der Waals surface area contributed by atoms with Crippen LogP contribution in [-0.2, 0) is 25.8 Å². The van der Waals surface area contributed by atoms with E-state index < -0.39 is 0 Å². The molecule has 0 fully saturated rings. The third-order valence-electron chi connectivity index (χ3n) is 7.24. The molecule has 8 heteroatoms. The first-order valence-corrected chi connectivity index (χ1v) is 18.3. The van der Waals surface area contributed by atoms with Crippen molar-refractivity contribution < 1.29 is 9.05 Å². The van der Waals surface area contributed by atoms with E-state index in [9.17, 15) is 0 Å². The van der Waals surface area contributed by atoms with E-state index in [1.54, 1.807) is 0 Å². The lowest BCUT2D eigenvalue weighted by Crippen LogP contribution is -2.04. The largest absolute Gasteiger partial charge is 0.361 e. The third-order valence-corrected chi connectivity index (χ3v) is 7.24. The highest BCUT2D eigenvalue weighted by Crippen LogP contribution is 2.18. The van der Waals surface area contributed by atoms with Crippen molar-refractivity contribution in [2.75, 3.05) is 0 Å². The van der Waals surface area contributed by atoms with Crippen LogP contribution in [-0.4, -0.2) is 29.9 Å². The van der Waals surface area contributed by atoms with E-state index in [0.29, 0.717) is 41.5 Å². The number of rotatable bonds is 12. The van der Waals surface area contributed by atoms with Crippen molar-refractivity contribution in [1.29, 1.82) is 0 Å². The van der Waals surface area contributed by atoms with Crippen LogP contribution in [0.1, 0.15) is 198 Å². The molecule has 4 heterocycles. The lowest BCUT2D eigenvalue weighted by atomic mass is 10.1. The van der Waals surface area contributed by atoms with Crippen molar-refractivity contribution in [3.63, 3.8) is 0 Å². The fourth-order valence-corrected chi connectivity index (χ4v) is 4.60. The highest BCUT2D eigenvalue weighted by molar-refractivity contribution is 5.10. The van der Waals surface area contributed by atoms with E-state index in [2.05, 4.69) is 156 Å². The third kappa shape index (κ3) is 23.4. The van der Waals surface area contributed by atoms with E-state index >= 15 is 0 Å². The zero-order valence-corrected chi connectivity index (χ0v) is 33.4. The Kier molecular flexibility index (Phi) is 30.3. The maximum absolute atomic E-state index is 5.19. The van der Waals surface area contributed by atoms with Gasteiger partial charge in [-0.05, 0) is 73.3 Å². The number of hydrogen-bond donors (Lipinski definition) is 0. The molecular formula is C44H86N6O2. The maximum Gasteiger partial charge on any atom is 0.139 e. The first kappa shape index (κ1) is 55.6. The van der Waals surface area contributed by atoms with Crippen molar-refractivity contribution in [3.05, 3.63) is 71.0 Å². The molecule has 0 atom stereocenters. The molecule has 52 heavy (non-hydrogen) atoms. The molecule has 0 aliphatic carbocycles. The summed E-state index contributed by atoms with van der Waals surface area (Å²) in [6.45, 7) is 35.8. The fraction of sp³-hybridized carbons (Fsp3) is 0.727. The van der Waals surface area contributed by atoms with Gasteiger partial charge in [0.05, 0.1) is 23.8 Å². The molecule has 0 spiro atoms. The Bertz CT molecular complexity index is 1160. The van der Waals surface area contributed by atoms with E-state index in [1.165, 1.54) is 11.1 Å². The summed E-state index contributed by atoms with van der Waals surface area (Å²) >= 11 is 0. The van der Waals surface area contributed by atoms with Gasteiger partial charge in [0.25, 0.3) is 0 Å². The lowest BCUT2D eigenvalue weighted by molar-refractivity contribution is 0.362. The molecule has 0 aliphatic rings. The lowest BCUT2D eigenvalue weighted by Gasteiger charge is -2.03. The van der Waals surface area contributed by atoms with E-state index in [0.717, 1.165) is 54.6 Å². The molecule has 0 N–H and O–H groups in total. The average molecular weight is 731 g/mol. The Morgan fingerprint density at radius 1 is 0.558 bits per heavy atom. The SMILES string of the molecule is C.C.C.C.CC(C)Cc1cc(C(C)C)no1.CC(C)Cc1cc(C(C)C)on1.CC(C)Cc1cnn(C(C)C)c1.CC(C)Cn1cc(C(C)C)cn1. The molecule has 4 aromatic heterocycles. The summed E-state index contributed by atoms with van der Waals surface area (Å²) < 4.78 is 14.4. The van der Waals surface area contributed by atoms with E-state index in [-0.39, 0.29) is 29.7 Å². The Hall–Kier alpha value is -3.16. The van der Waals surface area contributed by atoms with Crippen molar-refractivity contribution >= 4 is 0 Å². The van der Waals surface area contributed by atoms with Crippen LogP contribution in [0.25, 0.3) is 0 Å². The van der Waals surface area contributed by atoms with E-state index in [1.807, 2.05) is 21.8 Å². The number of aromatic nitrogens is 6. The summed E-state index contributed by atoms with van der Waals surface area (Å²) in [5.41, 5.74) is 4.81. The highest BCUT2D eigenvalue weighted by atomic mass is 16.5. The predicted molar refractivity (Wildman–Crippen MR) is 227 cm³/mol. The molecule has 304 valence electrons. The summed E-state index contributed by atoms with van der Waals surface area (Å²) in [6.07, 6.45) is 11.4. The summed E-state index contributed by atoms with van der Waals surface area (Å²) in [5.74, 6) is 6.17. The van der Waals surface area contributed by atoms with Crippen LogP contribution in [0.5, 0.6) is 0 Å². The molecule has 0 bridgehead atoms. The first-order valence-electron chi connectivity index (χ1n) is 18.3. The zero-order valence-electron chi connectivity index (χ0n) is 33.4. The van der Waals surface area contributed by atoms with Crippen LogP contribution in [0.15, 0.2) is 46.0 Å². The summed E-state index contributed by atoms with van der Waals surface area (Å²) in [7, 11) is 0. The van der Waals surface area contributed by atoms with Gasteiger partial charge in [0.1, 0.15) is 11.5 Å². The molecular weight excluding hydrogens is 645 g/mol. The van der Waals surface area contributed by atoms with Crippen molar-refractivity contribution in [2.24, 2.45) is 23.7 Å². The van der Waals surface area contributed by atoms with Crippen molar-refractivity contribution in [3.8, 4) is 0 Å². The van der Waals surface area contributed by atoms with Gasteiger partial charge < -0.3 is 9.05 Å². The second-order valence-electron chi connectivity index (χ2n) is 16.0. The Morgan fingerprint density at radius 3 is 1.52 bits per heavy atom. The first-order chi connectivity index (χ1) is 22.4.